The fourth-order valence-corrected chi connectivity index (χ4v) is 3.75. The summed E-state index contributed by atoms with van der Waals surface area (Å²) in [6.45, 7) is 4.61. The quantitative estimate of drug-likeness (QED) is 0.483. The van der Waals surface area contributed by atoms with Gasteiger partial charge < -0.3 is 4.42 Å². The Morgan fingerprint density at radius 1 is 1.26 bits per heavy atom. The highest BCUT2D eigenvalue weighted by Crippen LogP contribution is 2.22. The molecule has 0 saturated carbocycles. The Morgan fingerprint density at radius 2 is 1.96 bits per heavy atom. The zero-order valence-corrected chi connectivity index (χ0v) is 15.7. The number of nitrogens with zero attached hydrogens (tertiary/aromatic N) is 3. The Bertz CT molecular complexity index is 1220. The molecule has 0 amide bonds. The predicted octanol–water partition coefficient (Wildman–Crippen LogP) is 2.36. The maximum atomic E-state index is 12.5. The van der Waals surface area contributed by atoms with Gasteiger partial charge in [-0.1, -0.05) is 6.92 Å². The molecule has 10 heteroatoms. The van der Waals surface area contributed by atoms with E-state index in [1.54, 1.807) is 19.9 Å². The first kappa shape index (κ1) is 18.8. The molecule has 0 unspecified atom stereocenters. The van der Waals surface area contributed by atoms with Gasteiger partial charge in [-0.3, -0.25) is 19.5 Å². The highest BCUT2D eigenvalue weighted by atomic mass is 32.2. The van der Waals surface area contributed by atoms with Crippen LogP contribution >= 0.6 is 0 Å². The zero-order chi connectivity index (χ0) is 19.9. The molecule has 0 N–H and O–H groups in total. The normalized spacial score (nSPS) is 11.8. The Balaban J connectivity index is 2.07. The van der Waals surface area contributed by atoms with Crippen molar-refractivity contribution in [2.45, 2.75) is 32.2 Å². The summed E-state index contributed by atoms with van der Waals surface area (Å²) in [5.41, 5.74) is 0.284. The van der Waals surface area contributed by atoms with Crippen LogP contribution in [0.2, 0.25) is 0 Å². The third kappa shape index (κ3) is 3.35. The number of nitro groups is 1. The monoisotopic (exact) mass is 391 g/mol. The SMILES string of the molecule is CCS(=O)(=O)c1ccc2oc(Cn3c(C)cc(C)c([N+](=O)[O-])c3=O)nc2c1. The fourth-order valence-electron chi connectivity index (χ4n) is 2.85. The van der Waals surface area contributed by atoms with Gasteiger partial charge in [-0.2, -0.15) is 0 Å². The van der Waals surface area contributed by atoms with Crippen LogP contribution in [0.5, 0.6) is 0 Å². The second-order valence-electron chi connectivity index (χ2n) is 6.11. The van der Waals surface area contributed by atoms with Crippen LogP contribution in [-0.2, 0) is 16.4 Å². The molecule has 0 fully saturated rings. The number of rotatable bonds is 5. The van der Waals surface area contributed by atoms with Crippen LogP contribution in [0.3, 0.4) is 0 Å². The lowest BCUT2D eigenvalue weighted by Gasteiger charge is -2.08. The number of aromatic nitrogens is 2. The van der Waals surface area contributed by atoms with Crippen molar-refractivity contribution in [1.29, 1.82) is 0 Å². The van der Waals surface area contributed by atoms with Crippen LogP contribution < -0.4 is 5.56 Å². The Morgan fingerprint density at radius 3 is 2.59 bits per heavy atom. The number of sulfone groups is 1. The van der Waals surface area contributed by atoms with Crippen molar-refractivity contribution in [2.24, 2.45) is 0 Å². The summed E-state index contributed by atoms with van der Waals surface area (Å²) in [4.78, 5) is 27.3. The molecule has 3 aromatic rings. The van der Waals surface area contributed by atoms with E-state index in [-0.39, 0.29) is 28.6 Å². The average Bonchev–Trinajstić information content (AvgIpc) is 2.99. The van der Waals surface area contributed by atoms with Crippen LogP contribution in [0.1, 0.15) is 24.1 Å². The third-order valence-electron chi connectivity index (χ3n) is 4.29. The molecule has 3 rings (SSSR count). The standard InChI is InChI=1S/C17H17N3O6S/c1-4-27(24,25)12-5-6-14-13(8-12)18-15(26-14)9-19-11(3)7-10(2)16(17(19)21)20(22)23/h5-8H,4,9H2,1-3H3. The average molecular weight is 391 g/mol. The molecule has 0 radical (unpaired) electrons. The van der Waals surface area contributed by atoms with Crippen LogP contribution in [0.4, 0.5) is 5.69 Å². The lowest BCUT2D eigenvalue weighted by atomic mass is 10.2. The fraction of sp³-hybridized carbons (Fsp3) is 0.294. The van der Waals surface area contributed by atoms with E-state index < -0.39 is 26.0 Å². The second kappa shape index (κ2) is 6.62. The van der Waals surface area contributed by atoms with E-state index in [9.17, 15) is 23.3 Å². The van der Waals surface area contributed by atoms with Crippen molar-refractivity contribution in [1.82, 2.24) is 9.55 Å². The number of fused-ring (bicyclic) bond motifs is 1. The van der Waals surface area contributed by atoms with Gasteiger partial charge in [0.25, 0.3) is 0 Å². The van der Waals surface area contributed by atoms with Crippen molar-refractivity contribution in [3.05, 3.63) is 61.9 Å². The topological polar surface area (TPSA) is 125 Å². The first-order valence-corrected chi connectivity index (χ1v) is 9.77. The molecule has 27 heavy (non-hydrogen) atoms. The summed E-state index contributed by atoms with van der Waals surface area (Å²) in [7, 11) is -3.38. The third-order valence-corrected chi connectivity index (χ3v) is 6.02. The van der Waals surface area contributed by atoms with Gasteiger partial charge >= 0.3 is 11.2 Å². The van der Waals surface area contributed by atoms with Gasteiger partial charge in [0.15, 0.2) is 15.4 Å². The summed E-state index contributed by atoms with van der Waals surface area (Å²) in [6, 6.07) is 5.90. The zero-order valence-electron chi connectivity index (χ0n) is 14.9. The molecule has 9 nitrogen and oxygen atoms in total. The van der Waals surface area contributed by atoms with E-state index >= 15 is 0 Å². The molecule has 0 aliphatic heterocycles. The van der Waals surface area contributed by atoms with Crippen molar-refractivity contribution in [2.75, 3.05) is 5.75 Å². The van der Waals surface area contributed by atoms with Gasteiger partial charge in [-0.25, -0.2) is 13.4 Å². The molecule has 0 aliphatic rings. The number of hydrogen-bond donors (Lipinski definition) is 0. The van der Waals surface area contributed by atoms with E-state index in [0.29, 0.717) is 16.8 Å². The van der Waals surface area contributed by atoms with E-state index in [2.05, 4.69) is 4.98 Å². The van der Waals surface area contributed by atoms with Crippen molar-refractivity contribution >= 4 is 26.6 Å². The minimum atomic E-state index is -3.38. The van der Waals surface area contributed by atoms with Gasteiger partial charge in [-0.05, 0) is 38.1 Å². The second-order valence-corrected chi connectivity index (χ2v) is 8.38. The van der Waals surface area contributed by atoms with E-state index in [4.69, 9.17) is 4.42 Å². The Labute approximate surface area is 154 Å². The Hall–Kier alpha value is -3.01. The summed E-state index contributed by atoms with van der Waals surface area (Å²) >= 11 is 0. The largest absolute Gasteiger partial charge is 0.439 e. The molecule has 0 bridgehead atoms. The van der Waals surface area contributed by atoms with Gasteiger partial charge in [0.1, 0.15) is 12.1 Å². The summed E-state index contributed by atoms with van der Waals surface area (Å²) in [5.74, 6) is 0.115. The number of hydrogen-bond acceptors (Lipinski definition) is 7. The predicted molar refractivity (Wildman–Crippen MR) is 97.7 cm³/mol. The van der Waals surface area contributed by atoms with Crippen LogP contribution in [0.25, 0.3) is 11.1 Å². The molecule has 2 aromatic heterocycles. The minimum Gasteiger partial charge on any atom is -0.439 e. The van der Waals surface area contributed by atoms with Crippen molar-refractivity contribution < 1.29 is 17.8 Å². The molecular weight excluding hydrogens is 374 g/mol. The van der Waals surface area contributed by atoms with Crippen molar-refractivity contribution in [3.63, 3.8) is 0 Å². The van der Waals surface area contributed by atoms with Gasteiger partial charge in [0, 0.05) is 11.3 Å². The number of benzene rings is 1. The summed E-state index contributed by atoms with van der Waals surface area (Å²) in [5, 5.41) is 11.2. The van der Waals surface area contributed by atoms with Gasteiger partial charge in [0.2, 0.25) is 5.89 Å². The van der Waals surface area contributed by atoms with Crippen molar-refractivity contribution in [3.8, 4) is 0 Å². The summed E-state index contributed by atoms with van der Waals surface area (Å²) in [6.07, 6.45) is 0. The molecule has 2 heterocycles. The molecule has 0 saturated heterocycles. The molecule has 0 aliphatic carbocycles. The highest BCUT2D eigenvalue weighted by Gasteiger charge is 2.21. The van der Waals surface area contributed by atoms with Gasteiger partial charge in [0.05, 0.1) is 15.6 Å². The number of pyridine rings is 1. The van der Waals surface area contributed by atoms with E-state index in [0.717, 1.165) is 0 Å². The number of aryl methyl sites for hydroxylation is 2. The van der Waals surface area contributed by atoms with Crippen LogP contribution in [0, 0.1) is 24.0 Å². The van der Waals surface area contributed by atoms with Gasteiger partial charge in [-0.15, -0.1) is 0 Å². The first-order chi connectivity index (χ1) is 12.6. The molecule has 142 valence electrons. The minimum absolute atomic E-state index is 0.0369. The molecular formula is C17H17N3O6S. The van der Waals surface area contributed by atoms with E-state index in [1.807, 2.05) is 0 Å². The highest BCUT2D eigenvalue weighted by molar-refractivity contribution is 7.91. The maximum Gasteiger partial charge on any atom is 0.336 e. The van der Waals surface area contributed by atoms with Crippen LogP contribution in [0.15, 0.2) is 38.4 Å². The molecule has 1 aromatic carbocycles. The van der Waals surface area contributed by atoms with E-state index in [1.165, 1.54) is 29.7 Å². The molecule has 0 spiro atoms. The lowest BCUT2D eigenvalue weighted by Crippen LogP contribution is -2.26. The molecule has 0 atom stereocenters. The smallest absolute Gasteiger partial charge is 0.336 e. The number of oxazole rings is 1. The van der Waals surface area contributed by atoms with Crippen LogP contribution in [-0.4, -0.2) is 28.6 Å². The Kier molecular flexibility index (Phi) is 4.60. The first-order valence-electron chi connectivity index (χ1n) is 8.11. The maximum absolute atomic E-state index is 12.5. The lowest BCUT2D eigenvalue weighted by molar-refractivity contribution is -0.387. The summed E-state index contributed by atoms with van der Waals surface area (Å²) < 4.78 is 30.8.